The Morgan fingerprint density at radius 3 is 2.08 bits per heavy atom. The van der Waals surface area contributed by atoms with E-state index >= 15 is 0 Å². The summed E-state index contributed by atoms with van der Waals surface area (Å²) < 4.78 is 16.6. The minimum absolute atomic E-state index is 0.0909. The summed E-state index contributed by atoms with van der Waals surface area (Å²) in [5.41, 5.74) is 8.29. The number of rotatable bonds is 9. The van der Waals surface area contributed by atoms with Crippen LogP contribution in [0.4, 0.5) is 0 Å². The van der Waals surface area contributed by atoms with E-state index in [1.807, 2.05) is 48.5 Å². The van der Waals surface area contributed by atoms with Gasteiger partial charge in [0, 0.05) is 12.5 Å². The molecular formula is C30H25NO6. The van der Waals surface area contributed by atoms with Crippen molar-refractivity contribution >= 4 is 17.7 Å². The number of hydrogen-bond donors (Lipinski definition) is 1. The summed E-state index contributed by atoms with van der Waals surface area (Å²) in [6, 6.07) is 29.1. The van der Waals surface area contributed by atoms with Gasteiger partial charge in [-0.2, -0.15) is 0 Å². The summed E-state index contributed by atoms with van der Waals surface area (Å²) in [6.45, 7) is 1.35. The molecule has 4 aromatic carbocycles. The lowest BCUT2D eigenvalue weighted by molar-refractivity contribution is -0.131. The molecule has 0 heterocycles. The first-order chi connectivity index (χ1) is 17.9. The molecule has 0 aliphatic rings. The Balaban J connectivity index is 1.67. The predicted molar refractivity (Wildman–Crippen MR) is 137 cm³/mol. The van der Waals surface area contributed by atoms with Gasteiger partial charge in [-0.3, -0.25) is 15.3 Å². The molecule has 2 N–H and O–H groups in total. The number of para-hydroxylation sites is 1. The lowest BCUT2D eigenvalue weighted by Crippen LogP contribution is -2.19. The molecule has 0 bridgehead atoms. The lowest BCUT2D eigenvalue weighted by Gasteiger charge is -2.18. The fourth-order valence-corrected chi connectivity index (χ4v) is 3.63. The average molecular weight is 496 g/mol. The van der Waals surface area contributed by atoms with Gasteiger partial charge in [0.1, 0.15) is 18.1 Å². The second kappa shape index (κ2) is 11.8. The van der Waals surface area contributed by atoms with Crippen molar-refractivity contribution in [2.45, 2.75) is 19.8 Å². The van der Waals surface area contributed by atoms with Crippen LogP contribution in [0.1, 0.15) is 50.6 Å². The van der Waals surface area contributed by atoms with E-state index in [1.54, 1.807) is 30.3 Å². The molecule has 0 radical (unpaired) electrons. The van der Waals surface area contributed by atoms with Crippen molar-refractivity contribution in [3.05, 3.63) is 131 Å². The third kappa shape index (κ3) is 6.48. The highest BCUT2D eigenvalue weighted by molar-refractivity contribution is 6.13. The highest BCUT2D eigenvalue weighted by atomic mass is 16.5. The van der Waals surface area contributed by atoms with Crippen LogP contribution in [0.5, 0.6) is 11.5 Å². The third-order valence-corrected chi connectivity index (χ3v) is 5.44. The molecule has 4 rings (SSSR count). The number of benzene rings is 4. The summed E-state index contributed by atoms with van der Waals surface area (Å²) in [7, 11) is 0. The number of carbonyl (C=O) groups is 3. The van der Waals surface area contributed by atoms with Gasteiger partial charge in [-0.25, -0.2) is 4.79 Å². The van der Waals surface area contributed by atoms with E-state index in [2.05, 4.69) is 0 Å². The van der Waals surface area contributed by atoms with Crippen LogP contribution in [0.25, 0.3) is 0 Å². The molecule has 0 aliphatic carbocycles. The molecule has 7 heteroatoms. The van der Waals surface area contributed by atoms with E-state index in [-0.39, 0.29) is 34.8 Å². The molecular weight excluding hydrogens is 470 g/mol. The van der Waals surface area contributed by atoms with E-state index in [9.17, 15) is 14.4 Å². The molecule has 0 fully saturated rings. The van der Waals surface area contributed by atoms with Crippen LogP contribution in [0.2, 0.25) is 0 Å². The Hall–Kier alpha value is -4.75. The quantitative estimate of drug-likeness (QED) is 0.147. The highest BCUT2D eigenvalue weighted by Gasteiger charge is 2.23. The molecule has 0 saturated heterocycles. The molecule has 0 aromatic heterocycles. The molecule has 0 aliphatic heterocycles. The smallest absolute Gasteiger partial charge is 0.338 e. The van der Waals surface area contributed by atoms with Gasteiger partial charge in [0.2, 0.25) is 5.78 Å². The second-order valence-electron chi connectivity index (χ2n) is 8.14. The van der Waals surface area contributed by atoms with Crippen molar-refractivity contribution in [2.75, 3.05) is 0 Å². The van der Waals surface area contributed by atoms with Crippen molar-refractivity contribution in [1.29, 1.82) is 0 Å². The minimum atomic E-state index is -0.910. The standard InChI is InChI=1S/C30H25NO6/c1-20(32)36-26-15-9-8-14-24(26)28(33)25-17-16-23(30(34)35-19-21-10-4-2-5-11-21)18-27(25)37-29(31)22-12-6-3-7-13-22/h2-18,29H,19,31H2,1H3. The van der Waals surface area contributed by atoms with Crippen LogP contribution in [-0.4, -0.2) is 17.7 Å². The van der Waals surface area contributed by atoms with Gasteiger partial charge in [-0.1, -0.05) is 72.8 Å². The fourth-order valence-electron chi connectivity index (χ4n) is 3.63. The lowest BCUT2D eigenvalue weighted by atomic mass is 10.00. The number of nitrogens with two attached hydrogens (primary N) is 1. The van der Waals surface area contributed by atoms with Crippen molar-refractivity contribution in [3.8, 4) is 11.5 Å². The summed E-state index contributed by atoms with van der Waals surface area (Å²) in [4.78, 5) is 37.9. The van der Waals surface area contributed by atoms with E-state index in [1.165, 1.54) is 31.2 Å². The van der Waals surface area contributed by atoms with Gasteiger partial charge in [-0.15, -0.1) is 0 Å². The summed E-state index contributed by atoms with van der Waals surface area (Å²) in [6.07, 6.45) is -0.910. The highest BCUT2D eigenvalue weighted by Crippen LogP contribution is 2.30. The van der Waals surface area contributed by atoms with Gasteiger partial charge in [0.25, 0.3) is 0 Å². The zero-order chi connectivity index (χ0) is 26.2. The SMILES string of the molecule is CC(=O)Oc1ccccc1C(=O)c1ccc(C(=O)OCc2ccccc2)cc1OC(N)c1ccccc1. The minimum Gasteiger partial charge on any atom is -0.471 e. The van der Waals surface area contributed by atoms with Crippen molar-refractivity contribution in [3.63, 3.8) is 0 Å². The summed E-state index contributed by atoms with van der Waals surface area (Å²) in [5.74, 6) is -1.39. The van der Waals surface area contributed by atoms with Gasteiger partial charge >= 0.3 is 11.9 Å². The largest absolute Gasteiger partial charge is 0.471 e. The number of ether oxygens (including phenoxy) is 3. The Bertz CT molecular complexity index is 1400. The van der Waals surface area contributed by atoms with Crippen LogP contribution in [0, 0.1) is 0 Å². The maximum atomic E-state index is 13.6. The van der Waals surface area contributed by atoms with Crippen LogP contribution in [0.3, 0.4) is 0 Å². The monoisotopic (exact) mass is 495 g/mol. The van der Waals surface area contributed by atoms with Gasteiger partial charge in [0.05, 0.1) is 16.7 Å². The van der Waals surface area contributed by atoms with Crippen LogP contribution < -0.4 is 15.2 Å². The number of ketones is 1. The Morgan fingerprint density at radius 1 is 0.757 bits per heavy atom. The first kappa shape index (κ1) is 25.3. The van der Waals surface area contributed by atoms with Crippen LogP contribution in [0.15, 0.2) is 103 Å². The van der Waals surface area contributed by atoms with Crippen molar-refractivity contribution in [1.82, 2.24) is 0 Å². The maximum Gasteiger partial charge on any atom is 0.338 e. The summed E-state index contributed by atoms with van der Waals surface area (Å²) in [5, 5.41) is 0. The molecule has 4 aromatic rings. The molecule has 7 nitrogen and oxygen atoms in total. The number of esters is 2. The average Bonchev–Trinajstić information content (AvgIpc) is 2.92. The Morgan fingerprint density at radius 2 is 1.38 bits per heavy atom. The molecule has 1 unspecified atom stereocenters. The van der Waals surface area contributed by atoms with Gasteiger partial charge in [0.15, 0.2) is 6.23 Å². The Labute approximate surface area is 214 Å². The molecule has 0 saturated carbocycles. The molecule has 0 spiro atoms. The van der Waals surface area contributed by atoms with Crippen LogP contribution >= 0.6 is 0 Å². The molecule has 0 amide bonds. The normalized spacial score (nSPS) is 11.3. The third-order valence-electron chi connectivity index (χ3n) is 5.44. The van der Waals surface area contributed by atoms with E-state index < -0.39 is 23.9 Å². The number of carbonyl (C=O) groups excluding carboxylic acids is 3. The number of hydrogen-bond acceptors (Lipinski definition) is 7. The zero-order valence-electron chi connectivity index (χ0n) is 20.1. The van der Waals surface area contributed by atoms with Gasteiger partial charge in [-0.05, 0) is 35.9 Å². The first-order valence-corrected chi connectivity index (χ1v) is 11.6. The first-order valence-electron chi connectivity index (χ1n) is 11.6. The zero-order valence-corrected chi connectivity index (χ0v) is 20.1. The Kier molecular flexibility index (Phi) is 8.08. The molecule has 1 atom stereocenters. The van der Waals surface area contributed by atoms with Gasteiger partial charge < -0.3 is 14.2 Å². The predicted octanol–water partition coefficient (Wildman–Crippen LogP) is 5.24. The van der Waals surface area contributed by atoms with E-state index in [0.29, 0.717) is 5.56 Å². The second-order valence-corrected chi connectivity index (χ2v) is 8.14. The van der Waals surface area contributed by atoms with Crippen molar-refractivity contribution < 1.29 is 28.6 Å². The fraction of sp³-hybridized carbons (Fsp3) is 0.100. The van der Waals surface area contributed by atoms with Crippen LogP contribution in [-0.2, 0) is 16.1 Å². The maximum absolute atomic E-state index is 13.6. The van der Waals surface area contributed by atoms with E-state index in [4.69, 9.17) is 19.9 Å². The topological polar surface area (TPSA) is 105 Å². The summed E-state index contributed by atoms with van der Waals surface area (Å²) >= 11 is 0. The molecule has 37 heavy (non-hydrogen) atoms. The molecule has 186 valence electrons. The van der Waals surface area contributed by atoms with Crippen molar-refractivity contribution in [2.24, 2.45) is 5.73 Å². The van der Waals surface area contributed by atoms with E-state index in [0.717, 1.165) is 5.56 Å².